The van der Waals surface area contributed by atoms with E-state index in [1.807, 2.05) is 38.1 Å². The third-order valence-electron chi connectivity index (χ3n) is 4.05. The third-order valence-corrected chi connectivity index (χ3v) is 5.68. The van der Waals surface area contributed by atoms with Crippen LogP contribution >= 0.6 is 0 Å². The van der Waals surface area contributed by atoms with Crippen molar-refractivity contribution in [2.45, 2.75) is 37.1 Å². The van der Waals surface area contributed by atoms with E-state index in [2.05, 4.69) is 4.72 Å². The van der Waals surface area contributed by atoms with Gasteiger partial charge in [-0.25, -0.2) is 13.1 Å². The van der Waals surface area contributed by atoms with Gasteiger partial charge in [-0.1, -0.05) is 50.2 Å². The van der Waals surface area contributed by atoms with Crippen LogP contribution in [0.3, 0.4) is 0 Å². The zero-order valence-electron chi connectivity index (χ0n) is 12.3. The number of aliphatic hydroxyl groups is 1. The molecule has 0 saturated carbocycles. The molecule has 2 N–H and O–H groups in total. The van der Waals surface area contributed by atoms with Gasteiger partial charge in [0.2, 0.25) is 10.0 Å². The van der Waals surface area contributed by atoms with E-state index in [9.17, 15) is 13.5 Å². The molecule has 0 aliphatic carbocycles. The van der Waals surface area contributed by atoms with E-state index in [0.717, 1.165) is 5.39 Å². The Bertz CT molecular complexity index is 708. The van der Waals surface area contributed by atoms with Gasteiger partial charge in [0.05, 0.1) is 17.0 Å². The van der Waals surface area contributed by atoms with Crippen molar-refractivity contribution in [3.63, 3.8) is 0 Å². The van der Waals surface area contributed by atoms with E-state index in [0.29, 0.717) is 18.2 Å². The van der Waals surface area contributed by atoms with Gasteiger partial charge in [0.15, 0.2) is 0 Å². The van der Waals surface area contributed by atoms with Gasteiger partial charge in [-0.15, -0.1) is 0 Å². The second-order valence-electron chi connectivity index (χ2n) is 5.23. The summed E-state index contributed by atoms with van der Waals surface area (Å²) in [6.45, 7) is 3.51. The normalized spacial score (nSPS) is 12.7. The first-order valence-corrected chi connectivity index (χ1v) is 8.59. The minimum Gasteiger partial charge on any atom is -0.394 e. The molecule has 21 heavy (non-hydrogen) atoms. The van der Waals surface area contributed by atoms with Crippen molar-refractivity contribution in [1.82, 2.24) is 4.72 Å². The molecular weight excluding hydrogens is 286 g/mol. The van der Waals surface area contributed by atoms with Crippen molar-refractivity contribution in [3.05, 3.63) is 42.5 Å². The maximum Gasteiger partial charge on any atom is 0.241 e. The summed E-state index contributed by atoms with van der Waals surface area (Å²) in [5.41, 5.74) is -0.810. The highest BCUT2D eigenvalue weighted by atomic mass is 32.2. The first kappa shape index (κ1) is 15.9. The summed E-state index contributed by atoms with van der Waals surface area (Å²) in [5, 5.41) is 11.1. The van der Waals surface area contributed by atoms with Crippen molar-refractivity contribution in [3.8, 4) is 0 Å². The molecular formula is C16H21NO3S. The molecule has 4 nitrogen and oxygen atoms in total. The van der Waals surface area contributed by atoms with Crippen LogP contribution in [0.2, 0.25) is 0 Å². The smallest absolute Gasteiger partial charge is 0.241 e. The fourth-order valence-electron chi connectivity index (χ4n) is 2.42. The maximum atomic E-state index is 12.7. The van der Waals surface area contributed by atoms with Crippen LogP contribution in [0.15, 0.2) is 47.4 Å². The Kier molecular flexibility index (Phi) is 4.66. The molecule has 0 bridgehead atoms. The SMILES string of the molecule is CCC(CC)(CO)NS(=O)(=O)c1cccc2ccccc12. The number of aliphatic hydroxyl groups excluding tert-OH is 1. The van der Waals surface area contributed by atoms with Crippen LogP contribution < -0.4 is 4.72 Å². The van der Waals surface area contributed by atoms with Crippen molar-refractivity contribution in [2.24, 2.45) is 0 Å². The Morgan fingerprint density at radius 2 is 1.67 bits per heavy atom. The topological polar surface area (TPSA) is 66.4 Å². The summed E-state index contributed by atoms with van der Waals surface area (Å²) in [6.07, 6.45) is 1.06. The number of sulfonamides is 1. The minimum absolute atomic E-state index is 0.218. The van der Waals surface area contributed by atoms with Gasteiger partial charge in [0.25, 0.3) is 0 Å². The van der Waals surface area contributed by atoms with Crippen LogP contribution in [0.5, 0.6) is 0 Å². The zero-order valence-corrected chi connectivity index (χ0v) is 13.2. The largest absolute Gasteiger partial charge is 0.394 e. The average Bonchev–Trinajstić information content (AvgIpc) is 2.52. The van der Waals surface area contributed by atoms with Gasteiger partial charge in [0, 0.05) is 5.39 Å². The van der Waals surface area contributed by atoms with Crippen LogP contribution in [0.25, 0.3) is 10.8 Å². The number of hydrogen-bond donors (Lipinski definition) is 2. The molecule has 0 spiro atoms. The number of rotatable bonds is 6. The second kappa shape index (κ2) is 6.13. The van der Waals surface area contributed by atoms with Crippen molar-refractivity contribution in [1.29, 1.82) is 0 Å². The molecule has 0 heterocycles. The van der Waals surface area contributed by atoms with E-state index in [4.69, 9.17) is 0 Å². The Hall–Kier alpha value is -1.43. The van der Waals surface area contributed by atoms with Gasteiger partial charge in [0.1, 0.15) is 0 Å². The molecule has 0 amide bonds. The Morgan fingerprint density at radius 1 is 1.05 bits per heavy atom. The molecule has 0 aliphatic rings. The number of hydrogen-bond acceptors (Lipinski definition) is 3. The Morgan fingerprint density at radius 3 is 2.29 bits per heavy atom. The Balaban J connectivity index is 2.52. The van der Waals surface area contributed by atoms with Crippen LogP contribution in [-0.4, -0.2) is 25.7 Å². The summed E-state index contributed by atoms with van der Waals surface area (Å²) in [5.74, 6) is 0. The first-order valence-electron chi connectivity index (χ1n) is 7.10. The van der Waals surface area contributed by atoms with E-state index >= 15 is 0 Å². The fourth-order valence-corrected chi connectivity index (χ4v) is 4.19. The van der Waals surface area contributed by atoms with Crippen molar-refractivity contribution < 1.29 is 13.5 Å². The molecule has 0 atom stereocenters. The number of fused-ring (bicyclic) bond motifs is 1. The van der Waals surface area contributed by atoms with Gasteiger partial charge < -0.3 is 5.11 Å². The minimum atomic E-state index is -3.69. The first-order chi connectivity index (χ1) is 9.98. The molecule has 114 valence electrons. The molecule has 0 radical (unpaired) electrons. The van der Waals surface area contributed by atoms with E-state index in [-0.39, 0.29) is 11.5 Å². The third kappa shape index (κ3) is 3.10. The Labute approximate surface area is 125 Å². The van der Waals surface area contributed by atoms with Gasteiger partial charge in [-0.3, -0.25) is 0 Å². The highest BCUT2D eigenvalue weighted by molar-refractivity contribution is 7.89. The second-order valence-corrected chi connectivity index (χ2v) is 6.88. The molecule has 0 unspecified atom stereocenters. The summed E-state index contributed by atoms with van der Waals surface area (Å²) >= 11 is 0. The summed E-state index contributed by atoms with van der Waals surface area (Å²) in [6, 6.07) is 12.6. The van der Waals surface area contributed by atoms with E-state index in [1.54, 1.807) is 18.2 Å². The summed E-state index contributed by atoms with van der Waals surface area (Å²) in [7, 11) is -3.69. The number of nitrogens with one attached hydrogen (secondary N) is 1. The lowest BCUT2D eigenvalue weighted by Gasteiger charge is -2.30. The van der Waals surface area contributed by atoms with Crippen molar-refractivity contribution in [2.75, 3.05) is 6.61 Å². The predicted molar refractivity (Wildman–Crippen MR) is 84.7 cm³/mol. The van der Waals surface area contributed by atoms with E-state index in [1.165, 1.54) is 0 Å². The standard InChI is InChI=1S/C16H21NO3S/c1-3-16(4-2,12-18)17-21(19,20)15-11-7-9-13-8-5-6-10-14(13)15/h5-11,17-18H,3-4,12H2,1-2H3. The summed E-state index contributed by atoms with van der Waals surface area (Å²) in [4.78, 5) is 0.250. The lowest BCUT2D eigenvalue weighted by atomic mass is 9.96. The average molecular weight is 307 g/mol. The quantitative estimate of drug-likeness (QED) is 0.862. The highest BCUT2D eigenvalue weighted by Crippen LogP contribution is 2.25. The predicted octanol–water partition coefficient (Wildman–Crippen LogP) is 2.67. The fraction of sp³-hybridized carbons (Fsp3) is 0.375. The van der Waals surface area contributed by atoms with Gasteiger partial charge in [-0.2, -0.15) is 0 Å². The molecule has 0 fully saturated rings. The number of benzene rings is 2. The molecule has 2 aromatic rings. The lowest BCUT2D eigenvalue weighted by molar-refractivity contribution is 0.172. The van der Waals surface area contributed by atoms with Crippen LogP contribution in [-0.2, 0) is 10.0 Å². The highest BCUT2D eigenvalue weighted by Gasteiger charge is 2.32. The van der Waals surface area contributed by atoms with Gasteiger partial charge in [-0.05, 0) is 24.3 Å². The molecule has 0 aliphatic heterocycles. The molecule has 5 heteroatoms. The molecule has 2 aromatic carbocycles. The van der Waals surface area contributed by atoms with Crippen LogP contribution in [0, 0.1) is 0 Å². The van der Waals surface area contributed by atoms with Crippen LogP contribution in [0.1, 0.15) is 26.7 Å². The van der Waals surface area contributed by atoms with Gasteiger partial charge >= 0.3 is 0 Å². The van der Waals surface area contributed by atoms with Crippen LogP contribution in [0.4, 0.5) is 0 Å². The summed E-state index contributed by atoms with van der Waals surface area (Å²) < 4.78 is 28.1. The zero-order chi connectivity index (χ0) is 15.5. The molecule has 0 aromatic heterocycles. The maximum absolute atomic E-state index is 12.7. The molecule has 2 rings (SSSR count). The van der Waals surface area contributed by atoms with E-state index < -0.39 is 15.6 Å². The van der Waals surface area contributed by atoms with Crippen molar-refractivity contribution >= 4 is 20.8 Å². The molecule has 0 saturated heterocycles. The monoisotopic (exact) mass is 307 g/mol. The lowest BCUT2D eigenvalue weighted by Crippen LogP contribution is -2.50.